The maximum Gasteiger partial charge on any atom is 0.268 e. The van der Waals surface area contributed by atoms with Crippen LogP contribution in [0.25, 0.3) is 10.4 Å². The number of unbranched alkanes of at least 4 members (excludes halogenated alkanes) is 2. The van der Waals surface area contributed by atoms with Gasteiger partial charge in [0.1, 0.15) is 17.8 Å². The van der Waals surface area contributed by atoms with Gasteiger partial charge in [-0.25, -0.2) is 4.98 Å². The van der Waals surface area contributed by atoms with Crippen LogP contribution in [0, 0.1) is 12.3 Å². The molecule has 2 aromatic heterocycles. The zero-order valence-electron chi connectivity index (χ0n) is 44.4. The maximum atomic E-state index is 14.1. The molecule has 398 valence electrons. The van der Waals surface area contributed by atoms with Crippen molar-refractivity contribution >= 4 is 52.5 Å². The van der Waals surface area contributed by atoms with E-state index in [9.17, 15) is 33.9 Å². The van der Waals surface area contributed by atoms with Crippen molar-refractivity contribution in [2.24, 2.45) is 5.41 Å². The molecule has 16 nitrogen and oxygen atoms in total. The van der Waals surface area contributed by atoms with E-state index in [4.69, 9.17) is 0 Å². The van der Waals surface area contributed by atoms with Gasteiger partial charge in [-0.1, -0.05) is 75.7 Å². The minimum absolute atomic E-state index is 0.0128. The normalized spacial score (nSPS) is 17.8. The van der Waals surface area contributed by atoms with Crippen molar-refractivity contribution in [2.75, 3.05) is 32.5 Å². The van der Waals surface area contributed by atoms with E-state index in [0.29, 0.717) is 49.3 Å². The molecule has 1 saturated carbocycles. The Labute approximate surface area is 444 Å². The topological polar surface area (TPSA) is 198 Å². The number of aryl methyl sites for hydroxylation is 1. The summed E-state index contributed by atoms with van der Waals surface area (Å²) in [5.74, 6) is -1.37. The number of hydrogen-bond donors (Lipinski definition) is 5. The molecule has 17 heteroatoms. The number of aromatic nitrogens is 2. The van der Waals surface area contributed by atoms with Crippen LogP contribution in [0.5, 0.6) is 0 Å². The first-order chi connectivity index (χ1) is 35.8. The van der Waals surface area contributed by atoms with Gasteiger partial charge in [0.15, 0.2) is 0 Å². The quantitative estimate of drug-likeness (QED) is 0.0515. The summed E-state index contributed by atoms with van der Waals surface area (Å²) in [5, 5.41) is 22.7. The van der Waals surface area contributed by atoms with E-state index in [1.807, 2.05) is 119 Å². The van der Waals surface area contributed by atoms with E-state index < -0.39 is 29.5 Å². The molecule has 0 radical (unpaired) electrons. The molecule has 0 unspecified atom stereocenters. The van der Waals surface area contributed by atoms with Crippen LogP contribution in [0.3, 0.4) is 0 Å². The van der Waals surface area contributed by atoms with Gasteiger partial charge in [-0.05, 0) is 110 Å². The van der Waals surface area contributed by atoms with Crippen LogP contribution in [0.15, 0.2) is 90.4 Å². The maximum absolute atomic E-state index is 14.1. The molecular formula is C58H73N9O7S. The van der Waals surface area contributed by atoms with E-state index in [1.54, 1.807) is 30.3 Å². The second-order valence-electron chi connectivity index (χ2n) is 21.8. The van der Waals surface area contributed by atoms with Crippen molar-refractivity contribution < 1.29 is 33.9 Å². The number of aliphatic hydroxyl groups is 1. The fraction of sp³-hybridized carbons (Fsp3) is 0.466. The summed E-state index contributed by atoms with van der Waals surface area (Å²) in [6, 6.07) is 25.1. The Kier molecular flexibility index (Phi) is 17.1. The number of rotatable bonds is 19. The number of nitrogens with zero attached hydrogens (tertiary/aromatic N) is 5. The van der Waals surface area contributed by atoms with Gasteiger partial charge in [-0.15, -0.1) is 11.3 Å². The molecule has 1 spiro atoms. The monoisotopic (exact) mass is 1040 g/mol. The Bertz CT molecular complexity index is 2850. The van der Waals surface area contributed by atoms with Crippen LogP contribution in [0.4, 0.5) is 5.69 Å². The summed E-state index contributed by atoms with van der Waals surface area (Å²) >= 11 is 1.57. The van der Waals surface area contributed by atoms with Gasteiger partial charge in [-0.3, -0.25) is 33.7 Å². The van der Waals surface area contributed by atoms with Gasteiger partial charge in [-0.2, -0.15) is 0 Å². The third-order valence-corrected chi connectivity index (χ3v) is 16.1. The van der Waals surface area contributed by atoms with E-state index in [-0.39, 0.29) is 66.9 Å². The number of fused-ring (bicyclic) bond motifs is 2. The minimum Gasteiger partial charge on any atom is -0.391 e. The minimum atomic E-state index is -0.929. The predicted octanol–water partition coefficient (Wildman–Crippen LogP) is 7.71. The molecule has 0 bridgehead atoms. The number of likely N-dealkylation sites (tertiary alicyclic amines) is 1. The highest BCUT2D eigenvalue weighted by Gasteiger charge is 2.49. The van der Waals surface area contributed by atoms with Crippen LogP contribution in [-0.2, 0) is 44.4 Å². The summed E-state index contributed by atoms with van der Waals surface area (Å²) in [6.45, 7) is 12.0. The average molecular weight is 1040 g/mol. The summed E-state index contributed by atoms with van der Waals surface area (Å²) in [7, 11) is 3.51. The first kappa shape index (κ1) is 54.6. The molecule has 5 N–H and O–H groups in total. The molecule has 2 aliphatic heterocycles. The number of carbonyl (C=O) groups excluding carboxylic acids is 6. The number of hydrogen-bond acceptors (Lipinski definition) is 10. The Morgan fingerprint density at radius 2 is 1.52 bits per heavy atom. The zero-order chi connectivity index (χ0) is 53.6. The molecule has 6 amide bonds. The summed E-state index contributed by atoms with van der Waals surface area (Å²) in [4.78, 5) is 90.9. The molecule has 75 heavy (non-hydrogen) atoms. The fourth-order valence-corrected chi connectivity index (χ4v) is 11.5. The predicted molar refractivity (Wildman–Crippen MR) is 291 cm³/mol. The fourth-order valence-electron chi connectivity index (χ4n) is 10.7. The third-order valence-electron chi connectivity index (χ3n) is 15.1. The Balaban J connectivity index is 0.746. The summed E-state index contributed by atoms with van der Waals surface area (Å²) < 4.78 is 2.18. The Morgan fingerprint density at radius 1 is 0.840 bits per heavy atom. The van der Waals surface area contributed by atoms with Crippen LogP contribution in [-0.4, -0.2) is 110 Å². The van der Waals surface area contributed by atoms with Gasteiger partial charge in [0.05, 0.1) is 33.8 Å². The smallest absolute Gasteiger partial charge is 0.268 e. The number of amides is 6. The summed E-state index contributed by atoms with van der Waals surface area (Å²) in [5.41, 5.74) is 9.13. The second kappa shape index (κ2) is 23.5. The number of thiazole rings is 1. The van der Waals surface area contributed by atoms with Crippen molar-refractivity contribution in [1.29, 1.82) is 0 Å². The lowest BCUT2D eigenvalue weighted by molar-refractivity contribution is -0.144. The van der Waals surface area contributed by atoms with Gasteiger partial charge in [0.25, 0.3) is 11.8 Å². The van der Waals surface area contributed by atoms with Crippen molar-refractivity contribution in [3.05, 3.63) is 130 Å². The molecule has 5 aromatic rings. The van der Waals surface area contributed by atoms with Gasteiger partial charge in [0.2, 0.25) is 23.6 Å². The first-order valence-electron chi connectivity index (χ1n) is 26.3. The van der Waals surface area contributed by atoms with Crippen LogP contribution in [0.2, 0.25) is 0 Å². The van der Waals surface area contributed by atoms with Crippen molar-refractivity contribution in [2.45, 2.75) is 142 Å². The second-order valence-corrected chi connectivity index (χ2v) is 22.7. The van der Waals surface area contributed by atoms with Crippen molar-refractivity contribution in [1.82, 2.24) is 40.2 Å². The lowest BCUT2D eigenvalue weighted by Crippen LogP contribution is -2.57. The number of aliphatic hydroxyl groups excluding tert-OH is 1. The van der Waals surface area contributed by atoms with E-state index in [0.717, 1.165) is 65.2 Å². The SMILES string of the molecule is Cc1ncsc1-c1ccc([C@H](C)NC(=O)[C@@H]2C[C@@H](O)CN2C(=O)[C@@H](NC(=O)CCCCCC(=O)Nc2ccc(CNC(=O)c3ccc4n3CCN(Cc3ccc(C(=O)N(C)C)cc3)C43CCC3)cc2)C(C)(C)C)cc1. The zero-order valence-corrected chi connectivity index (χ0v) is 45.2. The Hall–Kier alpha value is -6.69. The van der Waals surface area contributed by atoms with Crippen LogP contribution >= 0.6 is 11.3 Å². The number of anilines is 1. The van der Waals surface area contributed by atoms with E-state index >= 15 is 0 Å². The molecule has 1 saturated heterocycles. The first-order valence-corrected chi connectivity index (χ1v) is 27.2. The van der Waals surface area contributed by atoms with Gasteiger partial charge < -0.3 is 40.7 Å². The van der Waals surface area contributed by atoms with Crippen LogP contribution in [0.1, 0.15) is 140 Å². The van der Waals surface area contributed by atoms with Crippen molar-refractivity contribution in [3.63, 3.8) is 0 Å². The van der Waals surface area contributed by atoms with E-state index in [1.165, 1.54) is 10.6 Å². The number of nitrogens with one attached hydrogen (secondary N) is 4. The highest BCUT2D eigenvalue weighted by atomic mass is 32.1. The largest absolute Gasteiger partial charge is 0.391 e. The number of benzene rings is 3. The molecule has 4 atom stereocenters. The van der Waals surface area contributed by atoms with Crippen molar-refractivity contribution in [3.8, 4) is 10.4 Å². The lowest BCUT2D eigenvalue weighted by Gasteiger charge is -2.53. The summed E-state index contributed by atoms with van der Waals surface area (Å²) in [6.07, 6.45) is 4.56. The molecule has 3 aromatic carbocycles. The standard InChI is InChI=1S/C58H73N9O7S/c1-37(41-20-22-42(23-21-41)51-38(2)60-36-75-51)61-54(72)47-32-45(68)35-67(47)56(74)52(57(3,4)5)63-50(70)13-10-8-9-12-49(69)62-44-24-16-39(17-25-44)33-59-53(71)46-26-27-48-58(28-11-29-58)65(30-31-66(46)48)34-40-14-18-43(19-15-40)55(73)64(6)7/h14-27,36-37,45,47,52,68H,8-13,28-35H2,1-7H3,(H,59,71)(H,61,72)(H,62,69)(H,63,70)/t37-,45+,47-,52+/m0/s1. The molecule has 4 heterocycles. The number of β-amino-alcohol motifs (C(OH)–C–C–N with tert-alkyl or cyclic N) is 1. The number of carbonyl (C=O) groups is 6. The highest BCUT2D eigenvalue weighted by molar-refractivity contribution is 7.13. The lowest BCUT2D eigenvalue weighted by atomic mass is 9.71. The Morgan fingerprint density at radius 3 is 2.15 bits per heavy atom. The average Bonchev–Trinajstić information content (AvgIpc) is 4.12. The van der Waals surface area contributed by atoms with Gasteiger partial charge >= 0.3 is 0 Å². The van der Waals surface area contributed by atoms with Crippen LogP contribution < -0.4 is 21.3 Å². The molecule has 8 rings (SSSR count). The third kappa shape index (κ3) is 12.7. The molecule has 1 aliphatic carbocycles. The van der Waals surface area contributed by atoms with Gasteiger partial charge in [0, 0.05) is 83.0 Å². The molecule has 3 aliphatic rings. The molecular weight excluding hydrogens is 967 g/mol. The highest BCUT2D eigenvalue weighted by Crippen LogP contribution is 2.49. The molecule has 2 fully saturated rings. The van der Waals surface area contributed by atoms with E-state index in [2.05, 4.69) is 41.8 Å².